The van der Waals surface area contributed by atoms with Crippen LogP contribution in [0.3, 0.4) is 0 Å². The Morgan fingerprint density at radius 2 is 1.92 bits per heavy atom. The zero-order valence-corrected chi connectivity index (χ0v) is 15.1. The number of fused-ring (bicyclic) bond motifs is 2. The van der Waals surface area contributed by atoms with Crippen molar-refractivity contribution in [1.82, 2.24) is 10.2 Å². The third-order valence-corrected chi connectivity index (χ3v) is 5.56. The van der Waals surface area contributed by atoms with Gasteiger partial charge in [-0.05, 0) is 36.6 Å². The summed E-state index contributed by atoms with van der Waals surface area (Å²) >= 11 is 6.17. The standard InChI is InChI=1S/C20H21ClN2O3/c21-15-6-7-18-16(12-15)20(22-19(25)26-18)8-10-23(11-9-20)13-17(24)14-4-2-1-3-5-14/h1-7,12,17,24H,8-11,13H2,(H,22,25). The van der Waals surface area contributed by atoms with Gasteiger partial charge >= 0.3 is 6.09 Å². The normalized spacial score (nSPS) is 20.2. The van der Waals surface area contributed by atoms with E-state index in [0.717, 1.165) is 37.1 Å². The third-order valence-electron chi connectivity index (χ3n) is 5.33. The van der Waals surface area contributed by atoms with E-state index in [-0.39, 0.29) is 0 Å². The number of benzene rings is 2. The number of rotatable bonds is 3. The van der Waals surface area contributed by atoms with Crippen molar-refractivity contribution >= 4 is 17.7 Å². The molecule has 0 saturated carbocycles. The van der Waals surface area contributed by atoms with E-state index in [2.05, 4.69) is 10.2 Å². The summed E-state index contributed by atoms with van der Waals surface area (Å²) in [6, 6.07) is 15.0. The Morgan fingerprint density at radius 3 is 2.65 bits per heavy atom. The molecule has 1 amide bonds. The predicted molar refractivity (Wildman–Crippen MR) is 99.4 cm³/mol. The van der Waals surface area contributed by atoms with Crippen molar-refractivity contribution < 1.29 is 14.6 Å². The number of β-amino-alcohol motifs (C(OH)–C–C–N with tert-alkyl or cyclic N) is 1. The van der Waals surface area contributed by atoms with Crippen molar-refractivity contribution in [3.05, 3.63) is 64.7 Å². The Balaban J connectivity index is 1.48. The second-order valence-electron chi connectivity index (χ2n) is 6.96. The van der Waals surface area contributed by atoms with E-state index in [4.69, 9.17) is 16.3 Å². The summed E-state index contributed by atoms with van der Waals surface area (Å²) in [5.41, 5.74) is 1.40. The minimum absolute atomic E-state index is 0.419. The molecule has 2 aromatic carbocycles. The van der Waals surface area contributed by atoms with Gasteiger partial charge in [0.1, 0.15) is 5.75 Å². The highest BCUT2D eigenvalue weighted by atomic mass is 35.5. The number of hydrogen-bond donors (Lipinski definition) is 2. The Bertz CT molecular complexity index is 804. The number of piperidine rings is 1. The Kier molecular flexibility index (Phi) is 4.61. The van der Waals surface area contributed by atoms with Gasteiger partial charge in [-0.2, -0.15) is 0 Å². The molecule has 0 aromatic heterocycles. The van der Waals surface area contributed by atoms with Gasteiger partial charge in [-0.25, -0.2) is 4.79 Å². The van der Waals surface area contributed by atoms with Gasteiger partial charge in [-0.3, -0.25) is 0 Å². The maximum atomic E-state index is 12.0. The van der Waals surface area contributed by atoms with Crippen molar-refractivity contribution in [2.24, 2.45) is 0 Å². The number of carbonyl (C=O) groups excluding carboxylic acids is 1. The number of aliphatic hydroxyl groups excluding tert-OH is 1. The molecule has 1 unspecified atom stereocenters. The molecule has 1 spiro atoms. The average Bonchev–Trinajstić information content (AvgIpc) is 2.65. The van der Waals surface area contributed by atoms with E-state index in [1.165, 1.54) is 0 Å². The van der Waals surface area contributed by atoms with E-state index in [1.807, 2.05) is 36.4 Å². The Labute approximate surface area is 157 Å². The van der Waals surface area contributed by atoms with Gasteiger partial charge in [0.25, 0.3) is 0 Å². The summed E-state index contributed by atoms with van der Waals surface area (Å²) in [7, 11) is 0. The maximum Gasteiger partial charge on any atom is 0.413 e. The molecule has 0 bridgehead atoms. The van der Waals surface area contributed by atoms with Crippen molar-refractivity contribution in [3.63, 3.8) is 0 Å². The fourth-order valence-electron chi connectivity index (χ4n) is 3.89. The number of carbonyl (C=O) groups is 1. The first-order chi connectivity index (χ1) is 12.6. The van der Waals surface area contributed by atoms with Gasteiger partial charge in [0, 0.05) is 30.2 Å². The fraction of sp³-hybridized carbons (Fsp3) is 0.350. The number of halogens is 1. The molecular formula is C20H21ClN2O3. The summed E-state index contributed by atoms with van der Waals surface area (Å²) in [6.07, 6.45) is 0.558. The molecule has 2 aromatic rings. The van der Waals surface area contributed by atoms with Crippen LogP contribution in [0, 0.1) is 0 Å². The zero-order chi connectivity index (χ0) is 18.1. The summed E-state index contributed by atoms with van der Waals surface area (Å²) in [5.74, 6) is 0.580. The van der Waals surface area contributed by atoms with Crippen molar-refractivity contribution in [1.29, 1.82) is 0 Å². The van der Waals surface area contributed by atoms with Crippen LogP contribution in [-0.4, -0.2) is 35.7 Å². The van der Waals surface area contributed by atoms with E-state index < -0.39 is 17.7 Å². The lowest BCUT2D eigenvalue weighted by atomic mass is 9.79. The first-order valence-corrected chi connectivity index (χ1v) is 9.19. The number of ether oxygens (including phenoxy) is 1. The van der Waals surface area contributed by atoms with Crippen LogP contribution >= 0.6 is 11.6 Å². The number of nitrogens with zero attached hydrogens (tertiary/aromatic N) is 1. The lowest BCUT2D eigenvalue weighted by Gasteiger charge is -2.45. The van der Waals surface area contributed by atoms with Gasteiger partial charge < -0.3 is 20.1 Å². The van der Waals surface area contributed by atoms with Gasteiger partial charge in [0.05, 0.1) is 11.6 Å². The number of amides is 1. The highest BCUT2D eigenvalue weighted by Crippen LogP contribution is 2.42. The van der Waals surface area contributed by atoms with Crippen LogP contribution in [0.5, 0.6) is 5.75 Å². The lowest BCUT2D eigenvalue weighted by molar-refractivity contribution is 0.0671. The van der Waals surface area contributed by atoms with Crippen LogP contribution < -0.4 is 10.1 Å². The molecular weight excluding hydrogens is 352 g/mol. The number of aliphatic hydroxyl groups is 1. The molecule has 5 nitrogen and oxygen atoms in total. The summed E-state index contributed by atoms with van der Waals surface area (Å²) in [6.45, 7) is 2.12. The first kappa shape index (κ1) is 17.3. The van der Waals surface area contributed by atoms with Crippen LogP contribution in [0.25, 0.3) is 0 Å². The summed E-state index contributed by atoms with van der Waals surface area (Å²) in [5, 5.41) is 14.1. The largest absolute Gasteiger partial charge is 0.413 e. The van der Waals surface area contributed by atoms with Crippen molar-refractivity contribution in [2.75, 3.05) is 19.6 Å². The Hall–Kier alpha value is -2.08. The third kappa shape index (κ3) is 3.30. The number of likely N-dealkylation sites (tertiary alicyclic amines) is 1. The SMILES string of the molecule is O=C1NC2(CCN(CC(O)c3ccccc3)CC2)c2cc(Cl)ccc2O1. The second kappa shape index (κ2) is 6.91. The molecule has 0 aliphatic carbocycles. The van der Waals surface area contributed by atoms with Crippen molar-refractivity contribution in [2.45, 2.75) is 24.5 Å². The van der Waals surface area contributed by atoms with Crippen LogP contribution in [0.1, 0.15) is 30.1 Å². The molecule has 1 saturated heterocycles. The molecule has 2 aliphatic heterocycles. The van der Waals surface area contributed by atoms with E-state index in [9.17, 15) is 9.90 Å². The van der Waals surface area contributed by atoms with Crippen LogP contribution in [-0.2, 0) is 5.54 Å². The molecule has 0 radical (unpaired) electrons. The lowest BCUT2D eigenvalue weighted by Crippen LogP contribution is -2.56. The number of hydrogen-bond acceptors (Lipinski definition) is 4. The molecule has 1 fully saturated rings. The second-order valence-corrected chi connectivity index (χ2v) is 7.40. The summed E-state index contributed by atoms with van der Waals surface area (Å²) in [4.78, 5) is 14.2. The molecule has 2 heterocycles. The van der Waals surface area contributed by atoms with Crippen molar-refractivity contribution in [3.8, 4) is 5.75 Å². The molecule has 136 valence electrons. The van der Waals surface area contributed by atoms with E-state index in [1.54, 1.807) is 12.1 Å². The minimum Gasteiger partial charge on any atom is -0.410 e. The van der Waals surface area contributed by atoms with Gasteiger partial charge in [-0.1, -0.05) is 41.9 Å². The predicted octanol–water partition coefficient (Wildman–Crippen LogP) is 3.47. The van der Waals surface area contributed by atoms with E-state index >= 15 is 0 Å². The monoisotopic (exact) mass is 372 g/mol. The highest BCUT2D eigenvalue weighted by molar-refractivity contribution is 6.30. The van der Waals surface area contributed by atoms with Gasteiger partial charge in [-0.15, -0.1) is 0 Å². The van der Waals surface area contributed by atoms with Gasteiger partial charge in [0.2, 0.25) is 0 Å². The molecule has 1 atom stereocenters. The summed E-state index contributed by atoms with van der Waals surface area (Å²) < 4.78 is 5.30. The van der Waals surface area contributed by atoms with E-state index in [0.29, 0.717) is 17.3 Å². The van der Waals surface area contributed by atoms with Crippen LogP contribution in [0.4, 0.5) is 4.79 Å². The molecule has 2 N–H and O–H groups in total. The topological polar surface area (TPSA) is 61.8 Å². The Morgan fingerprint density at radius 1 is 1.19 bits per heavy atom. The average molecular weight is 373 g/mol. The zero-order valence-electron chi connectivity index (χ0n) is 14.3. The first-order valence-electron chi connectivity index (χ1n) is 8.81. The molecule has 6 heteroatoms. The molecule has 2 aliphatic rings. The van der Waals surface area contributed by atoms with Crippen LogP contribution in [0.15, 0.2) is 48.5 Å². The number of nitrogens with one attached hydrogen (secondary N) is 1. The fourth-order valence-corrected chi connectivity index (χ4v) is 4.06. The maximum absolute atomic E-state index is 12.0. The van der Waals surface area contributed by atoms with Gasteiger partial charge in [0.15, 0.2) is 0 Å². The minimum atomic E-state index is -0.517. The quantitative estimate of drug-likeness (QED) is 0.866. The highest BCUT2D eigenvalue weighted by Gasteiger charge is 2.43. The van der Waals surface area contributed by atoms with Crippen LogP contribution in [0.2, 0.25) is 5.02 Å². The molecule has 26 heavy (non-hydrogen) atoms. The smallest absolute Gasteiger partial charge is 0.410 e. The molecule has 4 rings (SSSR count).